The Balaban J connectivity index is 1.85. The maximum Gasteiger partial charge on any atom is 0.256 e. The normalized spacial score (nSPS) is 13.9. The molecule has 98 valence electrons. The van der Waals surface area contributed by atoms with E-state index < -0.39 is 0 Å². The Hall–Kier alpha value is -1.13. The van der Waals surface area contributed by atoms with Gasteiger partial charge in [-0.2, -0.15) is 0 Å². The Morgan fingerprint density at radius 2 is 2.00 bits per heavy atom. The Morgan fingerprint density at radius 3 is 2.84 bits per heavy atom. The van der Waals surface area contributed by atoms with Crippen molar-refractivity contribution < 1.29 is 4.79 Å². The molecule has 1 N–H and O–H groups in total. The number of para-hydroxylation sites is 1. The average molecular weight is 336 g/mol. The molecule has 1 aliphatic carbocycles. The number of fused-ring (bicyclic) bond motifs is 1. The van der Waals surface area contributed by atoms with E-state index >= 15 is 0 Å². The number of thiophene rings is 1. The second-order valence-electron chi connectivity index (χ2n) is 4.69. The Morgan fingerprint density at radius 1 is 1.21 bits per heavy atom. The van der Waals surface area contributed by atoms with Gasteiger partial charge in [0.1, 0.15) is 0 Å². The number of aryl methyl sites for hydroxylation is 1. The van der Waals surface area contributed by atoms with Crippen LogP contribution in [-0.4, -0.2) is 5.91 Å². The molecule has 0 radical (unpaired) electrons. The second kappa shape index (κ2) is 5.47. The van der Waals surface area contributed by atoms with Crippen LogP contribution in [0.15, 0.2) is 34.1 Å². The van der Waals surface area contributed by atoms with Crippen molar-refractivity contribution in [3.8, 4) is 0 Å². The van der Waals surface area contributed by atoms with Gasteiger partial charge in [-0.25, -0.2) is 0 Å². The van der Waals surface area contributed by atoms with Gasteiger partial charge >= 0.3 is 0 Å². The summed E-state index contributed by atoms with van der Waals surface area (Å²) >= 11 is 5.17. The number of halogens is 1. The van der Waals surface area contributed by atoms with Crippen molar-refractivity contribution in [1.82, 2.24) is 0 Å². The molecule has 2 nitrogen and oxygen atoms in total. The number of anilines is 1. The molecule has 3 rings (SSSR count). The highest BCUT2D eigenvalue weighted by Crippen LogP contribution is 2.31. The fourth-order valence-corrected chi connectivity index (χ4v) is 3.95. The summed E-state index contributed by atoms with van der Waals surface area (Å²) in [6, 6.07) is 7.69. The predicted molar refractivity (Wildman–Crippen MR) is 83.1 cm³/mol. The largest absolute Gasteiger partial charge is 0.321 e. The molecule has 19 heavy (non-hydrogen) atoms. The summed E-state index contributed by atoms with van der Waals surface area (Å²) in [5.74, 6) is 0.00583. The maximum atomic E-state index is 12.4. The second-order valence-corrected chi connectivity index (χ2v) is 6.51. The molecule has 2 aromatic rings. The van der Waals surface area contributed by atoms with Crippen molar-refractivity contribution in [3.63, 3.8) is 0 Å². The molecule has 0 bridgehead atoms. The maximum absolute atomic E-state index is 12.4. The fourth-order valence-electron chi connectivity index (χ4n) is 2.44. The molecule has 0 saturated heterocycles. The van der Waals surface area contributed by atoms with Gasteiger partial charge in [-0.3, -0.25) is 4.79 Å². The van der Waals surface area contributed by atoms with Gasteiger partial charge < -0.3 is 5.32 Å². The lowest BCUT2D eigenvalue weighted by Crippen LogP contribution is -2.14. The van der Waals surface area contributed by atoms with E-state index in [-0.39, 0.29) is 5.91 Å². The zero-order chi connectivity index (χ0) is 13.2. The number of rotatable bonds is 2. The van der Waals surface area contributed by atoms with E-state index in [0.29, 0.717) is 0 Å². The highest BCUT2D eigenvalue weighted by atomic mass is 79.9. The number of nitrogens with one attached hydrogen (secondary N) is 1. The Kier molecular flexibility index (Phi) is 3.71. The highest BCUT2D eigenvalue weighted by Gasteiger charge is 2.20. The van der Waals surface area contributed by atoms with E-state index in [1.54, 1.807) is 11.3 Å². The van der Waals surface area contributed by atoms with Crippen LogP contribution in [0.3, 0.4) is 0 Å². The third-order valence-corrected chi connectivity index (χ3v) is 5.21. The third kappa shape index (κ3) is 2.60. The zero-order valence-electron chi connectivity index (χ0n) is 10.4. The smallest absolute Gasteiger partial charge is 0.256 e. The molecule has 0 fully saturated rings. The highest BCUT2D eigenvalue weighted by molar-refractivity contribution is 9.10. The number of benzene rings is 1. The molecule has 1 heterocycles. The van der Waals surface area contributed by atoms with E-state index in [4.69, 9.17) is 0 Å². The zero-order valence-corrected chi connectivity index (χ0v) is 12.8. The minimum atomic E-state index is 0.00583. The molecule has 4 heteroatoms. The summed E-state index contributed by atoms with van der Waals surface area (Å²) in [4.78, 5) is 13.8. The summed E-state index contributed by atoms with van der Waals surface area (Å²) < 4.78 is 0.910. The number of carbonyl (C=O) groups is 1. The molecular weight excluding hydrogens is 322 g/mol. The molecule has 1 aromatic heterocycles. The van der Waals surface area contributed by atoms with Gasteiger partial charge in [0.25, 0.3) is 5.91 Å². The van der Waals surface area contributed by atoms with Crippen molar-refractivity contribution in [2.45, 2.75) is 25.7 Å². The van der Waals surface area contributed by atoms with Crippen molar-refractivity contribution in [2.24, 2.45) is 0 Å². The van der Waals surface area contributed by atoms with Crippen LogP contribution in [0.1, 0.15) is 33.6 Å². The van der Waals surface area contributed by atoms with E-state index in [9.17, 15) is 4.79 Å². The van der Waals surface area contributed by atoms with Crippen LogP contribution in [0.5, 0.6) is 0 Å². The molecule has 0 unspecified atom stereocenters. The first kappa shape index (κ1) is 12.9. The molecule has 1 aliphatic rings. The van der Waals surface area contributed by atoms with Crippen LogP contribution in [0.2, 0.25) is 0 Å². The summed E-state index contributed by atoms with van der Waals surface area (Å²) in [7, 11) is 0. The lowest BCUT2D eigenvalue weighted by molar-refractivity contribution is 0.102. The predicted octanol–water partition coefficient (Wildman–Crippen LogP) is 4.64. The van der Waals surface area contributed by atoms with Crippen LogP contribution >= 0.6 is 27.3 Å². The molecule has 1 aromatic carbocycles. The summed E-state index contributed by atoms with van der Waals surface area (Å²) in [6.07, 6.45) is 4.61. The topological polar surface area (TPSA) is 29.1 Å². The number of hydrogen-bond acceptors (Lipinski definition) is 2. The monoisotopic (exact) mass is 335 g/mol. The van der Waals surface area contributed by atoms with Crippen LogP contribution in [0, 0.1) is 0 Å². The van der Waals surface area contributed by atoms with Crippen molar-refractivity contribution in [3.05, 3.63) is 50.1 Å². The van der Waals surface area contributed by atoms with Crippen molar-refractivity contribution >= 4 is 38.9 Å². The molecule has 0 atom stereocenters. The quantitative estimate of drug-likeness (QED) is 0.850. The van der Waals surface area contributed by atoms with Crippen LogP contribution in [0.25, 0.3) is 0 Å². The molecule has 0 saturated carbocycles. The molecule has 1 amide bonds. The number of hydrogen-bond donors (Lipinski definition) is 1. The van der Waals surface area contributed by atoms with E-state index in [2.05, 4.69) is 21.2 Å². The van der Waals surface area contributed by atoms with Gasteiger partial charge in [0, 0.05) is 14.7 Å². The van der Waals surface area contributed by atoms with Crippen LogP contribution in [-0.2, 0) is 12.8 Å². The van der Waals surface area contributed by atoms with Gasteiger partial charge in [0.2, 0.25) is 0 Å². The van der Waals surface area contributed by atoms with Gasteiger partial charge in [-0.15, -0.1) is 11.3 Å². The van der Waals surface area contributed by atoms with E-state index in [0.717, 1.165) is 28.6 Å². The fraction of sp³-hybridized carbons (Fsp3) is 0.267. The Labute approximate surface area is 125 Å². The summed E-state index contributed by atoms with van der Waals surface area (Å²) in [5, 5.41) is 4.99. The van der Waals surface area contributed by atoms with Gasteiger partial charge in [-0.05, 0) is 59.3 Å². The molecular formula is C15H14BrNOS. The van der Waals surface area contributed by atoms with Crippen molar-refractivity contribution in [2.75, 3.05) is 5.32 Å². The summed E-state index contributed by atoms with van der Waals surface area (Å²) in [6.45, 7) is 0. The molecule has 0 spiro atoms. The summed E-state index contributed by atoms with van der Waals surface area (Å²) in [5.41, 5.74) is 2.94. The van der Waals surface area contributed by atoms with E-state index in [1.165, 1.54) is 23.3 Å². The van der Waals surface area contributed by atoms with Gasteiger partial charge in [0.05, 0.1) is 11.3 Å². The Bertz CT molecular complexity index is 620. The van der Waals surface area contributed by atoms with Gasteiger partial charge in [0.15, 0.2) is 0 Å². The minimum absolute atomic E-state index is 0.00583. The van der Waals surface area contributed by atoms with Crippen LogP contribution in [0.4, 0.5) is 5.69 Å². The lowest BCUT2D eigenvalue weighted by atomic mass is 9.95. The molecule has 0 aliphatic heterocycles. The first-order valence-electron chi connectivity index (χ1n) is 6.41. The average Bonchev–Trinajstić information content (AvgIpc) is 2.85. The first-order valence-corrected chi connectivity index (χ1v) is 8.08. The van der Waals surface area contributed by atoms with Gasteiger partial charge in [-0.1, -0.05) is 12.1 Å². The van der Waals surface area contributed by atoms with E-state index in [1.807, 2.05) is 29.6 Å². The third-order valence-electron chi connectivity index (χ3n) is 3.43. The number of amides is 1. The van der Waals surface area contributed by atoms with Crippen molar-refractivity contribution in [1.29, 1.82) is 0 Å². The minimum Gasteiger partial charge on any atom is -0.321 e. The SMILES string of the molecule is O=C(Nc1ccccc1Br)c1csc2c1CCCC2. The standard InChI is InChI=1S/C15H14BrNOS/c16-12-6-2-3-7-13(12)17-15(18)11-9-19-14-8-4-1-5-10(11)14/h2-3,6-7,9H,1,4-5,8H2,(H,17,18). The number of carbonyl (C=O) groups excluding carboxylic acids is 1. The van der Waals surface area contributed by atoms with Crippen LogP contribution < -0.4 is 5.32 Å². The lowest BCUT2D eigenvalue weighted by Gasteiger charge is -2.13. The first-order chi connectivity index (χ1) is 9.25.